The van der Waals surface area contributed by atoms with Gasteiger partial charge in [0.25, 0.3) is 0 Å². The maximum atomic E-state index is 4.94. The van der Waals surface area contributed by atoms with Gasteiger partial charge in [0.2, 0.25) is 0 Å². The second kappa shape index (κ2) is 7.28. The van der Waals surface area contributed by atoms with Crippen LogP contribution in [0.2, 0.25) is 0 Å². The van der Waals surface area contributed by atoms with Crippen LogP contribution in [0.4, 0.5) is 0 Å². The molecule has 0 aliphatic heterocycles. The fourth-order valence-corrected chi connectivity index (χ4v) is 0.313. The van der Waals surface area contributed by atoms with Gasteiger partial charge >= 0.3 is 0 Å². The van der Waals surface area contributed by atoms with Gasteiger partial charge in [0.15, 0.2) is 0 Å². The predicted octanol–water partition coefficient (Wildman–Crippen LogP) is 2.31. The lowest BCUT2D eigenvalue weighted by Crippen LogP contribution is -1.73. The van der Waals surface area contributed by atoms with Crippen LogP contribution in [-0.2, 0) is 0 Å². The van der Waals surface area contributed by atoms with E-state index >= 15 is 0 Å². The normalized spacial score (nSPS) is 8.30. The molecular formula is C6H6BBr2N. The average molecular weight is 263 g/mol. The lowest BCUT2D eigenvalue weighted by molar-refractivity contribution is 1.33. The summed E-state index contributed by atoms with van der Waals surface area (Å²) in [6.07, 6.45) is 3.50. The van der Waals surface area contributed by atoms with E-state index in [1.165, 1.54) is 0 Å². The molecule has 2 radical (unpaired) electrons. The molecule has 0 bridgehead atoms. The Hall–Kier alpha value is 0.175. The molecule has 10 heavy (non-hydrogen) atoms. The van der Waals surface area contributed by atoms with Crippen molar-refractivity contribution in [2.75, 3.05) is 0 Å². The molecule has 1 heterocycles. The zero-order chi connectivity index (χ0) is 7.82. The Morgan fingerprint density at radius 1 is 1.10 bits per heavy atom. The number of rotatable bonds is 0. The highest BCUT2D eigenvalue weighted by atomic mass is 79.9. The molecule has 0 fully saturated rings. The molecule has 0 saturated heterocycles. The minimum atomic E-state index is -0.0417. The zero-order valence-electron chi connectivity index (χ0n) is 5.24. The minimum absolute atomic E-state index is 0.0417. The monoisotopic (exact) mass is 261 g/mol. The molecule has 1 aromatic heterocycles. The minimum Gasteiger partial charge on any atom is -0.265 e. The predicted molar refractivity (Wildman–Crippen MR) is 51.6 cm³/mol. The number of halogens is 2. The summed E-state index contributed by atoms with van der Waals surface area (Å²) >= 11 is 5.93. The first-order valence-electron chi connectivity index (χ1n) is 2.62. The van der Waals surface area contributed by atoms with Crippen molar-refractivity contribution < 1.29 is 0 Å². The van der Waals surface area contributed by atoms with E-state index in [4.69, 9.17) is 7.85 Å². The van der Waals surface area contributed by atoms with Crippen molar-refractivity contribution in [2.45, 2.75) is 3.64 Å². The van der Waals surface area contributed by atoms with Gasteiger partial charge in [-0.3, -0.25) is 4.98 Å². The number of nitrogens with zero attached hydrogens (tertiary/aromatic N) is 1. The van der Waals surface area contributed by atoms with Crippen LogP contribution in [0.5, 0.6) is 0 Å². The average Bonchev–Trinajstić information content (AvgIpc) is 1.90. The number of aromatic nitrogens is 1. The highest BCUT2D eigenvalue weighted by molar-refractivity contribution is 9.25. The first-order chi connectivity index (χ1) is 4.73. The lowest BCUT2D eigenvalue weighted by Gasteiger charge is -1.73. The summed E-state index contributed by atoms with van der Waals surface area (Å²) in [5.41, 5.74) is 0. The fourth-order valence-electron chi connectivity index (χ4n) is 0.313. The van der Waals surface area contributed by atoms with Crippen LogP contribution in [0.1, 0.15) is 0 Å². The Labute approximate surface area is 78.9 Å². The van der Waals surface area contributed by atoms with Gasteiger partial charge in [0.1, 0.15) is 7.85 Å². The van der Waals surface area contributed by atoms with Crippen molar-refractivity contribution in [2.24, 2.45) is 0 Å². The van der Waals surface area contributed by atoms with Gasteiger partial charge in [-0.1, -0.05) is 37.9 Å². The van der Waals surface area contributed by atoms with E-state index in [1.807, 2.05) is 18.2 Å². The van der Waals surface area contributed by atoms with E-state index in [0.29, 0.717) is 0 Å². The Morgan fingerprint density at radius 2 is 1.50 bits per heavy atom. The summed E-state index contributed by atoms with van der Waals surface area (Å²) in [6.45, 7) is 0. The van der Waals surface area contributed by atoms with E-state index in [2.05, 4.69) is 36.8 Å². The smallest absolute Gasteiger partial charge is 0.101 e. The fraction of sp³-hybridized carbons (Fsp3) is 0.167. The third kappa shape index (κ3) is 11.0. The lowest BCUT2D eigenvalue weighted by atomic mass is 10.2. The SMILES string of the molecule is [B]C(Br)Br.c1ccncc1. The standard InChI is InChI=1S/C5H5N.CHBBr2/c1-2-4-6-5-3-1;2-1(3)4/h1-5H;1H. The number of pyridine rings is 1. The molecule has 0 N–H and O–H groups in total. The molecule has 0 amide bonds. The quantitative estimate of drug-likeness (QED) is 0.517. The van der Waals surface area contributed by atoms with Gasteiger partial charge in [0, 0.05) is 16.0 Å². The van der Waals surface area contributed by atoms with Crippen molar-refractivity contribution in [3.05, 3.63) is 30.6 Å². The van der Waals surface area contributed by atoms with Crippen molar-refractivity contribution in [1.29, 1.82) is 0 Å². The number of hydrogen-bond donors (Lipinski definition) is 0. The highest BCUT2D eigenvalue weighted by Crippen LogP contribution is 1.98. The Morgan fingerprint density at radius 3 is 1.60 bits per heavy atom. The molecule has 0 unspecified atom stereocenters. The molecule has 52 valence electrons. The molecule has 0 saturated carbocycles. The maximum absolute atomic E-state index is 4.94. The largest absolute Gasteiger partial charge is 0.265 e. The molecule has 4 heteroatoms. The first kappa shape index (κ1) is 10.2. The van der Waals surface area contributed by atoms with E-state index in [1.54, 1.807) is 12.4 Å². The van der Waals surface area contributed by atoms with Gasteiger partial charge in [0.05, 0.1) is 0 Å². The summed E-state index contributed by atoms with van der Waals surface area (Å²) in [5.74, 6) is 0. The van der Waals surface area contributed by atoms with E-state index in [-0.39, 0.29) is 3.64 Å². The van der Waals surface area contributed by atoms with Gasteiger partial charge in [-0.05, 0) is 12.1 Å². The third-order valence-electron chi connectivity index (χ3n) is 0.566. The first-order valence-corrected chi connectivity index (χ1v) is 4.45. The molecule has 0 aliphatic rings. The molecule has 1 nitrogen and oxygen atoms in total. The van der Waals surface area contributed by atoms with E-state index < -0.39 is 0 Å². The van der Waals surface area contributed by atoms with E-state index in [0.717, 1.165) is 0 Å². The van der Waals surface area contributed by atoms with Crippen LogP contribution in [0.15, 0.2) is 30.6 Å². The Kier molecular flexibility index (Phi) is 7.41. The van der Waals surface area contributed by atoms with Crippen LogP contribution < -0.4 is 0 Å². The summed E-state index contributed by atoms with van der Waals surface area (Å²) in [7, 11) is 4.94. The molecule has 0 atom stereocenters. The van der Waals surface area contributed by atoms with Crippen LogP contribution in [-0.4, -0.2) is 16.5 Å². The van der Waals surface area contributed by atoms with E-state index in [9.17, 15) is 0 Å². The van der Waals surface area contributed by atoms with Crippen LogP contribution in [0, 0.1) is 0 Å². The number of alkyl halides is 2. The molecule has 1 aromatic rings. The topological polar surface area (TPSA) is 12.9 Å². The van der Waals surface area contributed by atoms with Crippen molar-refractivity contribution in [1.82, 2.24) is 4.98 Å². The van der Waals surface area contributed by atoms with Crippen molar-refractivity contribution in [3.63, 3.8) is 0 Å². The Balaban J connectivity index is 0.000000180. The van der Waals surface area contributed by atoms with Gasteiger partial charge in [-0.2, -0.15) is 0 Å². The molecule has 0 spiro atoms. The summed E-state index contributed by atoms with van der Waals surface area (Å²) in [4.78, 5) is 3.78. The van der Waals surface area contributed by atoms with Gasteiger partial charge < -0.3 is 0 Å². The van der Waals surface area contributed by atoms with Gasteiger partial charge in [-0.15, -0.1) is 0 Å². The molecule has 1 rings (SSSR count). The van der Waals surface area contributed by atoms with Gasteiger partial charge in [-0.25, -0.2) is 0 Å². The zero-order valence-corrected chi connectivity index (χ0v) is 8.42. The third-order valence-corrected chi connectivity index (χ3v) is 0.566. The molecule has 0 aromatic carbocycles. The Bertz CT molecular complexity index is 116. The second-order valence-corrected chi connectivity index (χ2v) is 4.56. The summed E-state index contributed by atoms with van der Waals surface area (Å²) < 4.78 is -0.0417. The molecule has 0 aliphatic carbocycles. The second-order valence-electron chi connectivity index (χ2n) is 1.36. The summed E-state index contributed by atoms with van der Waals surface area (Å²) in [6, 6.07) is 5.72. The highest BCUT2D eigenvalue weighted by Gasteiger charge is 1.74. The maximum Gasteiger partial charge on any atom is 0.101 e. The van der Waals surface area contributed by atoms with Crippen LogP contribution in [0.25, 0.3) is 0 Å². The number of hydrogen-bond acceptors (Lipinski definition) is 1. The molecular weight excluding hydrogens is 257 g/mol. The van der Waals surface area contributed by atoms with Crippen molar-refractivity contribution in [3.8, 4) is 0 Å². The van der Waals surface area contributed by atoms with Crippen molar-refractivity contribution >= 4 is 39.7 Å². The van der Waals surface area contributed by atoms with Crippen LogP contribution >= 0.6 is 31.9 Å². The van der Waals surface area contributed by atoms with Crippen LogP contribution in [0.3, 0.4) is 0 Å². The summed E-state index contributed by atoms with van der Waals surface area (Å²) in [5, 5.41) is 0.